The van der Waals surface area contributed by atoms with Crippen molar-refractivity contribution in [3.63, 3.8) is 0 Å². The molecule has 0 spiro atoms. The number of rotatable bonds is 12. The van der Waals surface area contributed by atoms with Crippen LogP contribution in [0, 0.1) is 131 Å². The minimum absolute atomic E-state index is 0.00223. The van der Waals surface area contributed by atoms with Crippen molar-refractivity contribution in [2.45, 2.75) is 238 Å². The molecule has 10 rings (SSSR count). The number of carboxylic acid groups (broad SMARTS) is 1. The molecule has 426 valence electrons. The second-order valence-corrected chi connectivity index (χ2v) is 32.8. The van der Waals surface area contributed by atoms with Gasteiger partial charge in [0.2, 0.25) is 11.8 Å². The van der Waals surface area contributed by atoms with Crippen LogP contribution in [0.3, 0.4) is 0 Å². The number of hydrogen-bond donors (Lipinski definition) is 3. The molecule has 0 aromatic heterocycles. The Bertz CT molecular complexity index is 2370. The van der Waals surface area contributed by atoms with E-state index in [4.69, 9.17) is 0 Å². The van der Waals surface area contributed by atoms with E-state index in [1.165, 1.54) is 88.2 Å². The summed E-state index contributed by atoms with van der Waals surface area (Å²) in [4.78, 5) is 57.4. The summed E-state index contributed by atoms with van der Waals surface area (Å²) in [5.74, 6) is 2.75. The molecule has 10 fully saturated rings. The van der Waals surface area contributed by atoms with Crippen molar-refractivity contribution in [2.24, 2.45) is 131 Å². The maximum Gasteiger partial charge on any atom is 0.308 e. The topological polar surface area (TPSA) is 113 Å². The highest BCUT2D eigenvalue weighted by Crippen LogP contribution is 2.80. The third-order valence-electron chi connectivity index (χ3n) is 29.8. The molecule has 21 unspecified atom stereocenters. The molecule has 0 saturated heterocycles. The summed E-state index contributed by atoms with van der Waals surface area (Å²) in [7, 11) is 0. The molecule has 0 heterocycles. The lowest BCUT2D eigenvalue weighted by molar-refractivity contribution is -0.240. The number of carbonyl (C=O) groups excluding carboxylic acids is 3. The lowest BCUT2D eigenvalue weighted by Gasteiger charge is -2.73. The molecule has 10 aliphatic rings. The quantitative estimate of drug-likeness (QED) is 0.169. The highest BCUT2D eigenvalue weighted by atomic mass is 16.4. The maximum absolute atomic E-state index is 15.1. The fourth-order valence-corrected chi connectivity index (χ4v) is 25.0. The molecule has 0 aromatic carbocycles. The van der Waals surface area contributed by atoms with Gasteiger partial charge in [-0.25, -0.2) is 0 Å². The fourth-order valence-electron chi connectivity index (χ4n) is 25.0. The average Bonchev–Trinajstić information content (AvgIpc) is 3.95. The summed E-state index contributed by atoms with van der Waals surface area (Å²) < 4.78 is 0. The molecule has 0 bridgehead atoms. The molecule has 3 N–H and O–H groups in total. The molecule has 7 heteroatoms. The van der Waals surface area contributed by atoms with Crippen molar-refractivity contribution in [3.05, 3.63) is 24.3 Å². The number of fused-ring (bicyclic) bond motifs is 14. The highest BCUT2D eigenvalue weighted by molar-refractivity contribution is 5.88. The van der Waals surface area contributed by atoms with Crippen molar-refractivity contribution in [1.82, 2.24) is 10.6 Å². The van der Waals surface area contributed by atoms with Crippen LogP contribution in [0.1, 0.15) is 238 Å². The molecule has 0 aliphatic heterocycles. The molecular weight excluding hydrogens is 937 g/mol. The van der Waals surface area contributed by atoms with Crippen LogP contribution in [0.15, 0.2) is 24.3 Å². The first-order chi connectivity index (χ1) is 35.4. The van der Waals surface area contributed by atoms with E-state index in [9.17, 15) is 14.7 Å². The third-order valence-corrected chi connectivity index (χ3v) is 29.8. The summed E-state index contributed by atoms with van der Waals surface area (Å²) in [6, 6.07) is 0. The molecule has 76 heavy (non-hydrogen) atoms. The Kier molecular flexibility index (Phi) is 14.1. The number of allylic oxidation sites excluding steroid dienone is 2. The molecule has 7 nitrogen and oxygen atoms in total. The molecular formula is C69H110N2O5. The van der Waals surface area contributed by atoms with E-state index in [0.717, 1.165) is 75.5 Å². The Balaban J connectivity index is 0.800. The van der Waals surface area contributed by atoms with Gasteiger partial charge < -0.3 is 15.7 Å². The van der Waals surface area contributed by atoms with Crippen molar-refractivity contribution in [3.8, 4) is 0 Å². The fraction of sp³-hybridized carbons (Fsp3) is 0.884. The van der Waals surface area contributed by atoms with Gasteiger partial charge in [-0.3, -0.25) is 19.2 Å². The second kappa shape index (κ2) is 18.8. The van der Waals surface area contributed by atoms with E-state index in [1.54, 1.807) is 0 Å². The number of nitrogens with one attached hydrogen (secondary N) is 2. The van der Waals surface area contributed by atoms with Crippen LogP contribution in [0.25, 0.3) is 0 Å². The van der Waals surface area contributed by atoms with Gasteiger partial charge in [-0.1, -0.05) is 114 Å². The Morgan fingerprint density at radius 1 is 0.526 bits per heavy atom. The standard InChI is InChI=1S/C69H110N2O5/c1-41(2)46-23-32-68(36-34-64(13)48(55(46)68)18-20-53-62(11)28-17-27-60(7,8)51(62)25-30-66(53,64)15)58(75)70-39-43(5)50(72)38-45(57(73)74)40-71-59(76)69-33-24-47(42(3)4)56(69)49-19-21-54-63(12)29-22-44(6)61(9,10)52(63)26-31-67(54,16)65(49,14)35-37-69/h43-49,51-56H,1,3,17-40H2,2,4-16H3,(H,70,75)(H,71,76)(H,73,74). The van der Waals surface area contributed by atoms with Gasteiger partial charge in [0.05, 0.1) is 16.7 Å². The SMILES string of the molecule is C=C(C)C1CCC2(C(=O)NCC(C)C(=O)CC(CNC(=O)C34CCC(C(=C)C)C3C3CCC5C6(C)CCC(C)C(C)(C)C6CCC5(C)C3(C)CC4)C(=O)O)CCC3(C)C(CCC4C5(C)CCCC(C)(C)C5CCC43C)C12. The third kappa shape index (κ3) is 7.81. The van der Waals surface area contributed by atoms with Gasteiger partial charge in [0, 0.05) is 25.4 Å². The Morgan fingerprint density at radius 3 is 1.49 bits per heavy atom. The molecule has 0 aromatic rings. The number of aliphatic carboxylic acids is 1. The van der Waals surface area contributed by atoms with Gasteiger partial charge in [0.25, 0.3) is 0 Å². The van der Waals surface area contributed by atoms with Crippen molar-refractivity contribution in [1.29, 1.82) is 0 Å². The summed E-state index contributed by atoms with van der Waals surface area (Å²) in [5, 5.41) is 17.3. The van der Waals surface area contributed by atoms with Crippen LogP contribution < -0.4 is 10.6 Å². The minimum Gasteiger partial charge on any atom is -0.481 e. The largest absolute Gasteiger partial charge is 0.481 e. The van der Waals surface area contributed by atoms with Gasteiger partial charge in [-0.15, -0.1) is 0 Å². The van der Waals surface area contributed by atoms with Crippen molar-refractivity contribution < 1.29 is 24.3 Å². The number of Topliss-reactive ketones (excluding diaryl/α,β-unsaturated/α-hetero) is 1. The number of ketones is 1. The smallest absolute Gasteiger partial charge is 0.308 e. The summed E-state index contributed by atoms with van der Waals surface area (Å²) in [5.41, 5.74) is 3.43. The van der Waals surface area contributed by atoms with Crippen LogP contribution in [-0.2, 0) is 19.2 Å². The van der Waals surface area contributed by atoms with Crippen LogP contribution in [0.5, 0.6) is 0 Å². The first-order valence-electron chi connectivity index (χ1n) is 32.0. The minimum atomic E-state index is -1.06. The highest BCUT2D eigenvalue weighted by Gasteiger charge is 2.74. The van der Waals surface area contributed by atoms with E-state index < -0.39 is 28.6 Å². The first kappa shape index (κ1) is 56.8. The molecule has 21 atom stereocenters. The van der Waals surface area contributed by atoms with Crippen molar-refractivity contribution in [2.75, 3.05) is 13.1 Å². The Morgan fingerprint density at radius 2 is 1.00 bits per heavy atom. The Hall–Kier alpha value is -2.44. The van der Waals surface area contributed by atoms with Gasteiger partial charge >= 0.3 is 5.97 Å². The normalized spacial score (nSPS) is 49.3. The Labute approximate surface area is 463 Å². The zero-order valence-corrected chi connectivity index (χ0v) is 51.0. The van der Waals surface area contributed by atoms with E-state index in [1.807, 2.05) is 6.92 Å². The van der Waals surface area contributed by atoms with Crippen LogP contribution >= 0.6 is 0 Å². The predicted octanol–water partition coefficient (Wildman–Crippen LogP) is 15.9. The monoisotopic (exact) mass is 1050 g/mol. The lowest BCUT2D eigenvalue weighted by atomic mass is 9.32. The number of amides is 2. The van der Waals surface area contributed by atoms with Gasteiger partial charge in [0.1, 0.15) is 5.78 Å². The molecule has 10 aliphatic carbocycles. The summed E-state index contributed by atoms with van der Waals surface area (Å²) >= 11 is 0. The molecule has 2 amide bonds. The van der Waals surface area contributed by atoms with Crippen LogP contribution in [0.4, 0.5) is 0 Å². The molecule has 0 radical (unpaired) electrons. The van der Waals surface area contributed by atoms with E-state index in [2.05, 4.69) is 114 Å². The van der Waals surface area contributed by atoms with Gasteiger partial charge in [-0.2, -0.15) is 0 Å². The summed E-state index contributed by atoms with van der Waals surface area (Å²) in [6.45, 7) is 44.1. The van der Waals surface area contributed by atoms with Gasteiger partial charge in [-0.05, 0) is 251 Å². The zero-order valence-electron chi connectivity index (χ0n) is 51.0. The molecule has 10 saturated carbocycles. The number of carboxylic acids is 1. The maximum atomic E-state index is 15.1. The van der Waals surface area contributed by atoms with Gasteiger partial charge in [0.15, 0.2) is 0 Å². The summed E-state index contributed by atoms with van der Waals surface area (Å²) in [6.07, 6.45) is 23.8. The first-order valence-corrected chi connectivity index (χ1v) is 32.0. The number of hydrogen-bond acceptors (Lipinski definition) is 4. The predicted molar refractivity (Wildman–Crippen MR) is 308 cm³/mol. The van der Waals surface area contributed by atoms with E-state index in [0.29, 0.717) is 51.2 Å². The van der Waals surface area contributed by atoms with E-state index in [-0.39, 0.29) is 76.5 Å². The zero-order chi connectivity index (χ0) is 55.4. The average molecular weight is 1050 g/mol. The van der Waals surface area contributed by atoms with E-state index >= 15 is 9.59 Å². The number of carbonyl (C=O) groups is 4. The van der Waals surface area contributed by atoms with Crippen LogP contribution in [0.2, 0.25) is 0 Å². The van der Waals surface area contributed by atoms with Crippen molar-refractivity contribution >= 4 is 23.6 Å². The lowest BCUT2D eigenvalue weighted by Crippen LogP contribution is -2.67. The van der Waals surface area contributed by atoms with Crippen LogP contribution in [-0.4, -0.2) is 41.8 Å². The second-order valence-electron chi connectivity index (χ2n) is 32.8.